The summed E-state index contributed by atoms with van der Waals surface area (Å²) in [4.78, 5) is 1.27. The molecule has 0 saturated carbocycles. The maximum Gasteiger partial charge on any atom is 0.0888 e. The van der Waals surface area contributed by atoms with Gasteiger partial charge in [0.2, 0.25) is 0 Å². The van der Waals surface area contributed by atoms with Gasteiger partial charge in [-0.3, -0.25) is 0 Å². The monoisotopic (exact) mass is 230 g/mol. The van der Waals surface area contributed by atoms with Crippen LogP contribution < -0.4 is 0 Å². The molecule has 0 aromatic carbocycles. The molecule has 1 heterocycles. The lowest BCUT2D eigenvalue weighted by molar-refractivity contribution is 0.204. The van der Waals surface area contributed by atoms with Crippen molar-refractivity contribution >= 4 is 23.1 Å². The van der Waals surface area contributed by atoms with Crippen molar-refractivity contribution < 1.29 is 5.11 Å². The zero-order chi connectivity index (χ0) is 10.6. The van der Waals surface area contributed by atoms with E-state index >= 15 is 0 Å². The van der Waals surface area contributed by atoms with Crippen LogP contribution in [0.3, 0.4) is 0 Å². The number of rotatable bonds is 5. The number of hydrogen-bond acceptors (Lipinski definition) is 3. The molecule has 0 spiro atoms. The molecule has 0 saturated heterocycles. The molecule has 1 rings (SSSR count). The third-order valence-corrected chi connectivity index (χ3v) is 4.54. The lowest BCUT2D eigenvalue weighted by atomic mass is 10.2. The van der Waals surface area contributed by atoms with Gasteiger partial charge in [-0.15, -0.1) is 11.3 Å². The van der Waals surface area contributed by atoms with Crippen molar-refractivity contribution in [2.75, 3.05) is 5.75 Å². The fraction of sp³-hybridized carbons (Fsp3) is 0.636. The van der Waals surface area contributed by atoms with Gasteiger partial charge in [0.15, 0.2) is 0 Å². The second kappa shape index (κ2) is 5.79. The molecule has 0 aliphatic carbocycles. The minimum absolute atomic E-state index is 0.293. The van der Waals surface area contributed by atoms with Crippen molar-refractivity contribution in [3.63, 3.8) is 0 Å². The fourth-order valence-corrected chi connectivity index (χ4v) is 2.80. The Kier molecular flexibility index (Phi) is 4.99. The van der Waals surface area contributed by atoms with Gasteiger partial charge in [-0.1, -0.05) is 13.8 Å². The van der Waals surface area contributed by atoms with Crippen LogP contribution in [0.1, 0.15) is 36.8 Å². The number of thiophene rings is 1. The molecule has 0 radical (unpaired) electrons. The van der Waals surface area contributed by atoms with Gasteiger partial charge < -0.3 is 5.11 Å². The highest BCUT2D eigenvalue weighted by molar-refractivity contribution is 7.99. The molecule has 1 aromatic rings. The van der Waals surface area contributed by atoms with Gasteiger partial charge in [-0.25, -0.2) is 0 Å². The highest BCUT2D eigenvalue weighted by Crippen LogP contribution is 2.25. The molecular weight excluding hydrogens is 212 g/mol. The van der Waals surface area contributed by atoms with E-state index in [9.17, 15) is 5.11 Å². The predicted molar refractivity (Wildman–Crippen MR) is 66.2 cm³/mol. The Bertz CT molecular complexity index is 270. The molecule has 2 atom stereocenters. The Morgan fingerprint density at radius 3 is 2.79 bits per heavy atom. The van der Waals surface area contributed by atoms with Crippen molar-refractivity contribution in [2.45, 2.75) is 38.5 Å². The summed E-state index contributed by atoms with van der Waals surface area (Å²) in [5, 5.41) is 12.6. The Hall–Kier alpha value is 0.0100. The third kappa shape index (κ3) is 3.64. The average Bonchev–Trinajstić information content (AvgIpc) is 2.60. The molecule has 0 amide bonds. The average molecular weight is 230 g/mol. The largest absolute Gasteiger partial charge is 0.388 e. The van der Waals surface area contributed by atoms with Crippen molar-refractivity contribution in [1.29, 1.82) is 0 Å². The van der Waals surface area contributed by atoms with E-state index in [0.29, 0.717) is 5.25 Å². The first-order chi connectivity index (χ1) is 6.63. The van der Waals surface area contributed by atoms with Crippen molar-refractivity contribution in [3.8, 4) is 0 Å². The normalized spacial score (nSPS) is 15.4. The second-order valence-corrected chi connectivity index (χ2v) is 6.15. The van der Waals surface area contributed by atoms with Gasteiger partial charge in [-0.2, -0.15) is 11.8 Å². The van der Waals surface area contributed by atoms with Crippen LogP contribution in [0.15, 0.2) is 11.4 Å². The first-order valence-electron chi connectivity index (χ1n) is 4.98. The number of aryl methyl sites for hydroxylation is 1. The minimum Gasteiger partial charge on any atom is -0.388 e. The summed E-state index contributed by atoms with van der Waals surface area (Å²) in [5.41, 5.74) is 1.07. The smallest absolute Gasteiger partial charge is 0.0888 e. The van der Waals surface area contributed by atoms with Crippen LogP contribution in [-0.4, -0.2) is 16.1 Å². The Morgan fingerprint density at radius 2 is 2.29 bits per heavy atom. The highest BCUT2D eigenvalue weighted by Gasteiger charge is 2.10. The summed E-state index contributed by atoms with van der Waals surface area (Å²) in [6, 6.07) is 2.08. The van der Waals surface area contributed by atoms with Gasteiger partial charge in [-0.05, 0) is 30.4 Å². The predicted octanol–water partition coefficient (Wildman–Crippen LogP) is 3.62. The highest BCUT2D eigenvalue weighted by atomic mass is 32.2. The zero-order valence-corrected chi connectivity index (χ0v) is 10.6. The molecule has 1 nitrogen and oxygen atoms in total. The molecule has 3 heteroatoms. The van der Waals surface area contributed by atoms with Crippen LogP contribution >= 0.6 is 23.1 Å². The van der Waals surface area contributed by atoms with Crippen molar-refractivity contribution in [1.82, 2.24) is 0 Å². The van der Waals surface area contributed by atoms with Gasteiger partial charge in [0.1, 0.15) is 0 Å². The summed E-state index contributed by atoms with van der Waals surface area (Å²) in [7, 11) is 0. The lowest BCUT2D eigenvalue weighted by Gasteiger charge is -2.12. The van der Waals surface area contributed by atoms with Gasteiger partial charge in [0, 0.05) is 15.9 Å². The van der Waals surface area contributed by atoms with Crippen LogP contribution in [0.25, 0.3) is 0 Å². The first-order valence-corrected chi connectivity index (χ1v) is 6.91. The fourth-order valence-electron chi connectivity index (χ4n) is 1.11. The van der Waals surface area contributed by atoms with Gasteiger partial charge in [0.05, 0.1) is 6.10 Å². The number of aliphatic hydroxyl groups is 1. The maximum absolute atomic E-state index is 9.86. The quantitative estimate of drug-likeness (QED) is 0.833. The molecule has 14 heavy (non-hydrogen) atoms. The standard InChI is InChI=1S/C11H18OS2/c1-4-8(2)14-7-11(12)10-5-9(3)13-6-10/h5-6,8,11-12H,4,7H2,1-3H3. The molecule has 80 valence electrons. The van der Waals surface area contributed by atoms with E-state index in [1.807, 2.05) is 11.8 Å². The van der Waals surface area contributed by atoms with Crippen LogP contribution in [0.2, 0.25) is 0 Å². The molecule has 2 unspecified atom stereocenters. The van der Waals surface area contributed by atoms with E-state index in [-0.39, 0.29) is 6.10 Å². The van der Waals surface area contributed by atoms with Crippen molar-refractivity contribution in [2.24, 2.45) is 0 Å². The van der Waals surface area contributed by atoms with E-state index in [0.717, 1.165) is 11.3 Å². The van der Waals surface area contributed by atoms with Crippen LogP contribution in [-0.2, 0) is 0 Å². The van der Waals surface area contributed by atoms with E-state index in [2.05, 4.69) is 32.2 Å². The van der Waals surface area contributed by atoms with Crippen LogP contribution in [0.5, 0.6) is 0 Å². The third-order valence-electron chi connectivity index (χ3n) is 2.25. The Morgan fingerprint density at radius 1 is 1.57 bits per heavy atom. The Labute approximate surface area is 94.5 Å². The molecule has 0 fully saturated rings. The van der Waals surface area contributed by atoms with Gasteiger partial charge >= 0.3 is 0 Å². The minimum atomic E-state index is -0.293. The summed E-state index contributed by atoms with van der Waals surface area (Å²) >= 11 is 3.55. The summed E-state index contributed by atoms with van der Waals surface area (Å²) in [6.45, 7) is 6.46. The maximum atomic E-state index is 9.86. The van der Waals surface area contributed by atoms with E-state index < -0.39 is 0 Å². The molecule has 0 bridgehead atoms. The number of thioether (sulfide) groups is 1. The van der Waals surface area contributed by atoms with E-state index in [4.69, 9.17) is 0 Å². The zero-order valence-electron chi connectivity index (χ0n) is 8.99. The Balaban J connectivity index is 2.39. The van der Waals surface area contributed by atoms with E-state index in [1.54, 1.807) is 11.3 Å². The molecule has 1 N–H and O–H groups in total. The SMILES string of the molecule is CCC(C)SCC(O)c1csc(C)c1. The van der Waals surface area contributed by atoms with Crippen molar-refractivity contribution in [3.05, 3.63) is 21.9 Å². The molecule has 1 aromatic heterocycles. The lowest BCUT2D eigenvalue weighted by Crippen LogP contribution is -2.03. The summed E-state index contributed by atoms with van der Waals surface area (Å²) in [6.07, 6.45) is 0.874. The van der Waals surface area contributed by atoms with Crippen LogP contribution in [0, 0.1) is 6.92 Å². The summed E-state index contributed by atoms with van der Waals surface area (Å²) in [5.74, 6) is 0.811. The number of aliphatic hydroxyl groups excluding tert-OH is 1. The number of hydrogen-bond donors (Lipinski definition) is 1. The van der Waals surface area contributed by atoms with Crippen LogP contribution in [0.4, 0.5) is 0 Å². The molecule has 0 aliphatic rings. The molecular formula is C11H18OS2. The topological polar surface area (TPSA) is 20.2 Å². The van der Waals surface area contributed by atoms with E-state index in [1.165, 1.54) is 11.3 Å². The summed E-state index contributed by atoms with van der Waals surface area (Å²) < 4.78 is 0. The second-order valence-electron chi connectivity index (χ2n) is 3.56. The first kappa shape index (κ1) is 12.1. The molecule has 0 aliphatic heterocycles. The van der Waals surface area contributed by atoms with Gasteiger partial charge in [0.25, 0.3) is 0 Å².